The third kappa shape index (κ3) is 3.87. The molecule has 0 saturated heterocycles. The molecule has 0 aromatic heterocycles. The van der Waals surface area contributed by atoms with Crippen molar-refractivity contribution in [2.24, 2.45) is 0 Å². The van der Waals surface area contributed by atoms with Gasteiger partial charge in [-0.1, -0.05) is 0 Å². The largest absolute Gasteiger partial charge is 0.472 e. The smallest absolute Gasteiger partial charge is 0.357 e. The Morgan fingerprint density at radius 1 is 1.54 bits per heavy atom. The van der Waals surface area contributed by atoms with Crippen molar-refractivity contribution in [3.8, 4) is 0 Å². The lowest BCUT2D eigenvalue weighted by Gasteiger charge is -2.24. The van der Waals surface area contributed by atoms with Gasteiger partial charge < -0.3 is 10.2 Å². The molecule has 2 N–H and O–H groups in total. The Morgan fingerprint density at radius 3 is 2.31 bits per heavy atom. The van der Waals surface area contributed by atoms with E-state index >= 15 is 0 Å². The van der Waals surface area contributed by atoms with E-state index in [9.17, 15) is 9.36 Å². The third-order valence-corrected chi connectivity index (χ3v) is 2.50. The highest BCUT2D eigenvalue weighted by molar-refractivity contribution is 7.47. The van der Waals surface area contributed by atoms with Crippen molar-refractivity contribution >= 4 is 13.7 Å². The number of rotatable bonds is 4. The molecular formula is C6H14NO5P. The van der Waals surface area contributed by atoms with E-state index in [1.807, 2.05) is 0 Å². The molecule has 0 bridgehead atoms. The van der Waals surface area contributed by atoms with Crippen LogP contribution in [0.2, 0.25) is 0 Å². The van der Waals surface area contributed by atoms with Gasteiger partial charge in [-0.3, -0.25) is 13.8 Å². The molecule has 0 spiro atoms. The Morgan fingerprint density at radius 2 is 2.00 bits per heavy atom. The number of hydrogen-bond donors (Lipinski definition) is 2. The Labute approximate surface area is 76.8 Å². The summed E-state index contributed by atoms with van der Waals surface area (Å²) in [5.74, 6) is -0.501. The van der Waals surface area contributed by atoms with Crippen molar-refractivity contribution in [1.29, 1.82) is 0 Å². The van der Waals surface area contributed by atoms with Crippen molar-refractivity contribution in [1.82, 2.24) is 5.32 Å². The fraction of sp³-hybridized carbons (Fsp3) is 0.833. The van der Waals surface area contributed by atoms with E-state index in [1.165, 1.54) is 20.9 Å². The first-order valence-corrected chi connectivity index (χ1v) is 5.06. The molecule has 6 nitrogen and oxygen atoms in total. The van der Waals surface area contributed by atoms with E-state index in [4.69, 9.17) is 4.89 Å². The summed E-state index contributed by atoms with van der Waals surface area (Å²) in [6.45, 7) is 2.74. The average Bonchev–Trinajstić information content (AvgIpc) is 2.01. The maximum atomic E-state index is 11.1. The molecule has 78 valence electrons. The van der Waals surface area contributed by atoms with Crippen LogP contribution in [0, 0.1) is 0 Å². The van der Waals surface area contributed by atoms with Gasteiger partial charge >= 0.3 is 7.82 Å². The SMILES string of the molecule is CNC(=O)C(C)(C)OP(=O)(O)OC. The lowest BCUT2D eigenvalue weighted by Crippen LogP contribution is -2.41. The number of amides is 1. The highest BCUT2D eigenvalue weighted by Gasteiger charge is 2.36. The molecule has 1 unspecified atom stereocenters. The number of carbonyl (C=O) groups is 1. The molecule has 0 fully saturated rings. The van der Waals surface area contributed by atoms with Gasteiger partial charge in [0.1, 0.15) is 0 Å². The Balaban J connectivity index is 4.51. The van der Waals surface area contributed by atoms with Crippen molar-refractivity contribution < 1.29 is 23.3 Å². The fourth-order valence-corrected chi connectivity index (χ4v) is 1.40. The number of phosphoric acid groups is 1. The van der Waals surface area contributed by atoms with Gasteiger partial charge in [0.15, 0.2) is 5.60 Å². The number of nitrogens with one attached hydrogen (secondary N) is 1. The molecule has 0 rings (SSSR count). The van der Waals surface area contributed by atoms with Gasteiger partial charge in [0.25, 0.3) is 5.91 Å². The zero-order valence-electron chi connectivity index (χ0n) is 8.03. The van der Waals surface area contributed by atoms with Gasteiger partial charge in [0, 0.05) is 14.2 Å². The van der Waals surface area contributed by atoms with E-state index in [0.29, 0.717) is 0 Å². The van der Waals surface area contributed by atoms with Crippen LogP contribution in [-0.4, -0.2) is 30.6 Å². The maximum absolute atomic E-state index is 11.1. The quantitative estimate of drug-likeness (QED) is 0.652. The summed E-state index contributed by atoms with van der Waals surface area (Å²) in [6.07, 6.45) is 0. The molecule has 0 radical (unpaired) electrons. The normalized spacial score (nSPS) is 16.4. The third-order valence-electron chi connectivity index (χ3n) is 1.35. The molecule has 0 aromatic carbocycles. The van der Waals surface area contributed by atoms with E-state index in [1.54, 1.807) is 0 Å². The molecule has 0 aromatic rings. The summed E-state index contributed by atoms with van der Waals surface area (Å²) in [5, 5.41) is 2.30. The summed E-state index contributed by atoms with van der Waals surface area (Å²) in [6, 6.07) is 0. The monoisotopic (exact) mass is 211 g/mol. The van der Waals surface area contributed by atoms with E-state index in [-0.39, 0.29) is 0 Å². The number of phosphoric ester groups is 1. The Kier molecular flexibility index (Phi) is 4.06. The second-order valence-corrected chi connectivity index (χ2v) is 4.32. The molecule has 0 heterocycles. The van der Waals surface area contributed by atoms with Gasteiger partial charge in [-0.2, -0.15) is 0 Å². The van der Waals surface area contributed by atoms with Crippen LogP contribution < -0.4 is 5.32 Å². The Hall–Kier alpha value is -0.420. The summed E-state index contributed by atoms with van der Waals surface area (Å²) in [7, 11) is -1.69. The van der Waals surface area contributed by atoms with Crippen LogP contribution in [0.3, 0.4) is 0 Å². The van der Waals surface area contributed by atoms with Crippen LogP contribution in [0.25, 0.3) is 0 Å². The van der Waals surface area contributed by atoms with Gasteiger partial charge in [0.2, 0.25) is 0 Å². The first-order chi connectivity index (χ1) is 5.75. The number of hydrogen-bond acceptors (Lipinski definition) is 4. The standard InChI is InChI=1S/C6H14NO5P/c1-6(2,5(8)7-3)12-13(9,10)11-4/h1-4H3,(H,7,8)(H,9,10). The minimum atomic E-state index is -4.12. The predicted octanol–water partition coefficient (Wildman–Crippen LogP) is 0.274. The highest BCUT2D eigenvalue weighted by Crippen LogP contribution is 2.46. The van der Waals surface area contributed by atoms with Crippen molar-refractivity contribution in [3.05, 3.63) is 0 Å². The van der Waals surface area contributed by atoms with Gasteiger partial charge in [-0.05, 0) is 13.8 Å². The van der Waals surface area contributed by atoms with Crippen LogP contribution >= 0.6 is 7.82 Å². The second-order valence-electron chi connectivity index (χ2n) is 2.83. The predicted molar refractivity (Wildman–Crippen MR) is 46.1 cm³/mol. The minimum absolute atomic E-state index is 0.501. The van der Waals surface area contributed by atoms with Crippen LogP contribution in [0.4, 0.5) is 0 Å². The Bertz CT molecular complexity index is 239. The average molecular weight is 211 g/mol. The summed E-state index contributed by atoms with van der Waals surface area (Å²) < 4.78 is 19.7. The molecule has 0 aliphatic carbocycles. The van der Waals surface area contributed by atoms with Crippen LogP contribution in [0.5, 0.6) is 0 Å². The summed E-state index contributed by atoms with van der Waals surface area (Å²) in [5.41, 5.74) is -1.39. The summed E-state index contributed by atoms with van der Waals surface area (Å²) in [4.78, 5) is 20.0. The minimum Gasteiger partial charge on any atom is -0.357 e. The van der Waals surface area contributed by atoms with Crippen LogP contribution in [-0.2, 0) is 18.4 Å². The van der Waals surface area contributed by atoms with Crippen molar-refractivity contribution in [2.45, 2.75) is 19.4 Å². The number of carbonyl (C=O) groups excluding carboxylic acids is 1. The molecule has 13 heavy (non-hydrogen) atoms. The molecule has 0 saturated carbocycles. The lowest BCUT2D eigenvalue weighted by atomic mass is 10.1. The topological polar surface area (TPSA) is 84.9 Å². The molecule has 7 heteroatoms. The van der Waals surface area contributed by atoms with E-state index in [2.05, 4.69) is 14.4 Å². The first-order valence-electron chi connectivity index (χ1n) is 3.56. The molecular weight excluding hydrogens is 197 g/mol. The maximum Gasteiger partial charge on any atom is 0.472 e. The number of likely N-dealkylation sites (N-methyl/N-ethyl adjacent to an activating group) is 1. The molecule has 1 amide bonds. The first kappa shape index (κ1) is 12.6. The fourth-order valence-electron chi connectivity index (χ4n) is 0.668. The summed E-state index contributed by atoms with van der Waals surface area (Å²) >= 11 is 0. The van der Waals surface area contributed by atoms with Gasteiger partial charge in [-0.25, -0.2) is 4.57 Å². The zero-order chi connectivity index (χ0) is 10.7. The zero-order valence-corrected chi connectivity index (χ0v) is 8.92. The second kappa shape index (κ2) is 4.19. The van der Waals surface area contributed by atoms with Crippen molar-refractivity contribution in [2.75, 3.05) is 14.2 Å². The highest BCUT2D eigenvalue weighted by atomic mass is 31.2. The van der Waals surface area contributed by atoms with Crippen molar-refractivity contribution in [3.63, 3.8) is 0 Å². The van der Waals surface area contributed by atoms with Gasteiger partial charge in [-0.15, -0.1) is 0 Å². The van der Waals surface area contributed by atoms with Gasteiger partial charge in [0.05, 0.1) is 0 Å². The molecule has 1 atom stereocenters. The molecule has 0 aliphatic heterocycles. The van der Waals surface area contributed by atoms with Crippen LogP contribution in [0.1, 0.15) is 13.8 Å². The van der Waals surface area contributed by atoms with E-state index < -0.39 is 19.3 Å². The lowest BCUT2D eigenvalue weighted by molar-refractivity contribution is -0.135. The van der Waals surface area contributed by atoms with Crippen LogP contribution in [0.15, 0.2) is 0 Å². The molecule has 0 aliphatic rings. The van der Waals surface area contributed by atoms with E-state index in [0.717, 1.165) is 7.11 Å².